The Morgan fingerprint density at radius 2 is 2.05 bits per heavy atom. The molecule has 1 fully saturated rings. The van der Waals surface area contributed by atoms with Gasteiger partial charge in [-0.15, -0.1) is 0 Å². The highest BCUT2D eigenvalue weighted by atomic mass is 79.9. The molecule has 0 aromatic heterocycles. The van der Waals surface area contributed by atoms with Gasteiger partial charge in [0.1, 0.15) is 16.3 Å². The third-order valence-electron chi connectivity index (χ3n) is 3.18. The van der Waals surface area contributed by atoms with Crippen LogP contribution in [0.1, 0.15) is 27.2 Å². The second-order valence-electron chi connectivity index (χ2n) is 6.17. The molecule has 2 heterocycles. The molecule has 0 saturated carbocycles. The predicted octanol–water partition coefficient (Wildman–Crippen LogP) is 2.04. The number of rotatable bonds is 2. The van der Waals surface area contributed by atoms with Crippen LogP contribution in [0.2, 0.25) is 0 Å². The number of nitrogens with zero attached hydrogens (tertiary/aromatic N) is 3. The molecular formula is C13H22BrN3O3. The third kappa shape index (κ3) is 4.63. The SMILES string of the molecule is CC(C)(C)OC(=O)N1CCN(C[C@H]2CC(Br)=NO2)CC1. The van der Waals surface area contributed by atoms with E-state index < -0.39 is 5.60 Å². The van der Waals surface area contributed by atoms with E-state index in [1.54, 1.807) is 4.90 Å². The molecule has 1 amide bonds. The number of piperazine rings is 1. The molecular weight excluding hydrogens is 326 g/mol. The van der Waals surface area contributed by atoms with E-state index in [2.05, 4.69) is 26.0 Å². The summed E-state index contributed by atoms with van der Waals surface area (Å²) in [5.74, 6) is 0. The minimum absolute atomic E-state index is 0.123. The van der Waals surface area contributed by atoms with Gasteiger partial charge in [-0.05, 0) is 36.7 Å². The fraction of sp³-hybridized carbons (Fsp3) is 0.846. The zero-order chi connectivity index (χ0) is 14.8. The lowest BCUT2D eigenvalue weighted by molar-refractivity contribution is 0.00519. The Labute approximate surface area is 128 Å². The molecule has 0 aromatic rings. The molecule has 2 aliphatic heterocycles. The predicted molar refractivity (Wildman–Crippen MR) is 80.1 cm³/mol. The highest BCUT2D eigenvalue weighted by Crippen LogP contribution is 2.17. The van der Waals surface area contributed by atoms with Gasteiger partial charge in [0.2, 0.25) is 0 Å². The standard InChI is InChI=1S/C13H22BrN3O3/c1-13(2,3)19-12(18)17-6-4-16(5-7-17)9-10-8-11(14)15-20-10/h10H,4-9H2,1-3H3/t10-/m1/s1. The van der Waals surface area contributed by atoms with Gasteiger partial charge in [0.05, 0.1) is 0 Å². The molecule has 6 nitrogen and oxygen atoms in total. The normalized spacial score (nSPS) is 24.3. The summed E-state index contributed by atoms with van der Waals surface area (Å²) in [5, 5.41) is 3.89. The van der Waals surface area contributed by atoms with Crippen molar-refractivity contribution in [3.63, 3.8) is 0 Å². The van der Waals surface area contributed by atoms with E-state index in [0.717, 1.165) is 30.7 Å². The van der Waals surface area contributed by atoms with Crippen LogP contribution in [0.25, 0.3) is 0 Å². The van der Waals surface area contributed by atoms with Gasteiger partial charge in [0.15, 0.2) is 0 Å². The summed E-state index contributed by atoms with van der Waals surface area (Å²) in [6.07, 6.45) is 0.726. The fourth-order valence-electron chi connectivity index (χ4n) is 2.22. The highest BCUT2D eigenvalue weighted by Gasteiger charge is 2.28. The Balaban J connectivity index is 1.71. The summed E-state index contributed by atoms with van der Waals surface area (Å²) in [6.45, 7) is 9.59. The zero-order valence-electron chi connectivity index (χ0n) is 12.3. The lowest BCUT2D eigenvalue weighted by atomic mass is 10.2. The maximum atomic E-state index is 11.9. The third-order valence-corrected chi connectivity index (χ3v) is 3.65. The molecule has 0 bridgehead atoms. The first-order valence-corrected chi connectivity index (χ1v) is 7.71. The smallest absolute Gasteiger partial charge is 0.410 e. The maximum absolute atomic E-state index is 11.9. The molecule has 1 saturated heterocycles. The lowest BCUT2D eigenvalue weighted by Gasteiger charge is -2.36. The Morgan fingerprint density at radius 1 is 1.40 bits per heavy atom. The molecule has 2 aliphatic rings. The molecule has 0 unspecified atom stereocenters. The van der Waals surface area contributed by atoms with E-state index in [1.165, 1.54) is 0 Å². The first-order valence-electron chi connectivity index (χ1n) is 6.92. The Kier molecular flexibility index (Phi) is 4.90. The first kappa shape index (κ1) is 15.6. The molecule has 2 rings (SSSR count). The Hall–Kier alpha value is -0.820. The van der Waals surface area contributed by atoms with Crippen molar-refractivity contribution in [2.24, 2.45) is 5.16 Å². The van der Waals surface area contributed by atoms with Gasteiger partial charge in [-0.25, -0.2) is 4.79 Å². The van der Waals surface area contributed by atoms with Crippen molar-refractivity contribution < 1.29 is 14.4 Å². The minimum atomic E-state index is -0.435. The van der Waals surface area contributed by atoms with Crippen LogP contribution in [0, 0.1) is 0 Å². The topological polar surface area (TPSA) is 54.4 Å². The first-order chi connectivity index (χ1) is 9.33. The molecule has 114 valence electrons. The summed E-state index contributed by atoms with van der Waals surface area (Å²) in [5.41, 5.74) is -0.435. The van der Waals surface area contributed by atoms with E-state index >= 15 is 0 Å². The van der Waals surface area contributed by atoms with Crippen LogP contribution in [0.4, 0.5) is 4.79 Å². The number of halogens is 1. The molecule has 1 atom stereocenters. The van der Waals surface area contributed by atoms with Gasteiger partial charge in [-0.2, -0.15) is 0 Å². The number of amides is 1. The number of carbonyl (C=O) groups is 1. The van der Waals surface area contributed by atoms with Gasteiger partial charge in [0.25, 0.3) is 0 Å². The van der Waals surface area contributed by atoms with Crippen molar-refractivity contribution >= 4 is 26.6 Å². The van der Waals surface area contributed by atoms with Crippen LogP contribution in [0.15, 0.2) is 5.16 Å². The average Bonchev–Trinajstić information content (AvgIpc) is 2.73. The molecule has 0 aliphatic carbocycles. The number of oxime groups is 1. The van der Waals surface area contributed by atoms with Crippen LogP contribution in [-0.4, -0.2) is 64.9 Å². The highest BCUT2D eigenvalue weighted by molar-refractivity contribution is 9.18. The van der Waals surface area contributed by atoms with Crippen molar-refractivity contribution in [1.82, 2.24) is 9.80 Å². The number of hydrogen-bond donors (Lipinski definition) is 0. The van der Waals surface area contributed by atoms with Crippen LogP contribution in [0.5, 0.6) is 0 Å². The van der Waals surface area contributed by atoms with E-state index in [9.17, 15) is 4.79 Å². The van der Waals surface area contributed by atoms with Crippen molar-refractivity contribution in [3.05, 3.63) is 0 Å². The minimum Gasteiger partial charge on any atom is -0.444 e. The van der Waals surface area contributed by atoms with E-state index in [4.69, 9.17) is 9.57 Å². The van der Waals surface area contributed by atoms with Crippen LogP contribution >= 0.6 is 15.9 Å². The average molecular weight is 348 g/mol. The Morgan fingerprint density at radius 3 is 2.55 bits per heavy atom. The summed E-state index contributed by atoms with van der Waals surface area (Å²) in [6, 6.07) is 0. The van der Waals surface area contributed by atoms with Crippen molar-refractivity contribution in [2.75, 3.05) is 32.7 Å². The quantitative estimate of drug-likeness (QED) is 0.766. The number of hydrogen-bond acceptors (Lipinski definition) is 5. The number of carbonyl (C=O) groups excluding carboxylic acids is 1. The van der Waals surface area contributed by atoms with Gasteiger partial charge in [-0.1, -0.05) is 5.16 Å². The van der Waals surface area contributed by atoms with Gasteiger partial charge < -0.3 is 14.5 Å². The van der Waals surface area contributed by atoms with Crippen LogP contribution in [-0.2, 0) is 9.57 Å². The largest absolute Gasteiger partial charge is 0.444 e. The molecule has 0 spiro atoms. The van der Waals surface area contributed by atoms with Crippen LogP contribution < -0.4 is 0 Å². The second kappa shape index (κ2) is 6.30. The monoisotopic (exact) mass is 347 g/mol. The fourth-order valence-corrected chi connectivity index (χ4v) is 2.66. The lowest BCUT2D eigenvalue weighted by Crippen LogP contribution is -2.51. The van der Waals surface area contributed by atoms with Crippen molar-refractivity contribution in [3.8, 4) is 0 Å². The van der Waals surface area contributed by atoms with E-state index in [-0.39, 0.29) is 12.2 Å². The van der Waals surface area contributed by atoms with Gasteiger partial charge in [-0.3, -0.25) is 4.90 Å². The molecule has 7 heteroatoms. The van der Waals surface area contributed by atoms with Crippen molar-refractivity contribution in [1.29, 1.82) is 0 Å². The number of ether oxygens (including phenoxy) is 1. The summed E-state index contributed by atoms with van der Waals surface area (Å²) in [7, 11) is 0. The van der Waals surface area contributed by atoms with E-state index in [1.807, 2.05) is 20.8 Å². The van der Waals surface area contributed by atoms with Gasteiger partial charge in [0, 0.05) is 39.1 Å². The summed E-state index contributed by atoms with van der Waals surface area (Å²) < 4.78 is 6.25. The Bertz CT molecular complexity index is 387. The van der Waals surface area contributed by atoms with Crippen molar-refractivity contribution in [2.45, 2.75) is 38.9 Å². The van der Waals surface area contributed by atoms with Gasteiger partial charge >= 0.3 is 6.09 Å². The van der Waals surface area contributed by atoms with E-state index in [0.29, 0.717) is 13.1 Å². The van der Waals surface area contributed by atoms with Crippen LogP contribution in [0.3, 0.4) is 0 Å². The zero-order valence-corrected chi connectivity index (χ0v) is 13.9. The molecule has 20 heavy (non-hydrogen) atoms. The molecule has 0 N–H and O–H groups in total. The summed E-state index contributed by atoms with van der Waals surface area (Å²) >= 11 is 3.34. The summed E-state index contributed by atoms with van der Waals surface area (Å²) in [4.78, 5) is 21.3. The molecule has 0 aromatic carbocycles. The maximum Gasteiger partial charge on any atom is 0.410 e. The molecule has 0 radical (unpaired) electrons. The second-order valence-corrected chi connectivity index (χ2v) is 7.08.